The molecule has 0 bridgehead atoms. The summed E-state index contributed by atoms with van der Waals surface area (Å²) < 4.78 is 31.6. The number of nitrogens with zero attached hydrogens (tertiary/aromatic N) is 2. The molecule has 0 aromatic carbocycles. The van der Waals surface area contributed by atoms with Crippen LogP contribution in [0.1, 0.15) is 50.5 Å². The fourth-order valence-electron chi connectivity index (χ4n) is 2.59. The van der Waals surface area contributed by atoms with Crippen molar-refractivity contribution in [3.8, 4) is 0 Å². The van der Waals surface area contributed by atoms with Crippen molar-refractivity contribution < 1.29 is 18.3 Å². The first-order chi connectivity index (χ1) is 9.13. The first-order valence-corrected chi connectivity index (χ1v) is 6.35. The van der Waals surface area contributed by atoms with Gasteiger partial charge in [-0.25, -0.2) is 13.5 Å². The van der Waals surface area contributed by atoms with Crippen LogP contribution in [0.4, 0.5) is 14.5 Å². The van der Waals surface area contributed by atoms with E-state index in [1.165, 1.54) is 10.9 Å². The highest BCUT2D eigenvalue weighted by Crippen LogP contribution is 2.34. The monoisotopic (exact) mass is 273 g/mol. The van der Waals surface area contributed by atoms with Crippen molar-refractivity contribution >= 4 is 12.2 Å². The Labute approximate surface area is 109 Å². The number of nitrogens with two attached hydrogens (primary N) is 1. The molecule has 2 rings (SSSR count). The Hall–Kier alpha value is -1.66. The van der Waals surface area contributed by atoms with E-state index in [-0.39, 0.29) is 11.6 Å². The molecule has 1 aliphatic carbocycles. The minimum Gasteiger partial charge on any atom is -0.442 e. The highest BCUT2D eigenvalue weighted by molar-refractivity contribution is 5.42. The second-order valence-corrected chi connectivity index (χ2v) is 4.77. The Balaban J connectivity index is 2.22. The Kier molecular flexibility index (Phi) is 4.34. The molecule has 1 saturated carbocycles. The van der Waals surface area contributed by atoms with Gasteiger partial charge in [0.25, 0.3) is 12.9 Å². The van der Waals surface area contributed by atoms with Crippen LogP contribution in [0.3, 0.4) is 0 Å². The van der Waals surface area contributed by atoms with Gasteiger partial charge in [0.2, 0.25) is 0 Å². The van der Waals surface area contributed by atoms with E-state index in [0.717, 1.165) is 32.1 Å². The zero-order chi connectivity index (χ0) is 13.8. The molecule has 2 N–H and O–H groups in total. The summed E-state index contributed by atoms with van der Waals surface area (Å²) in [4.78, 5) is 10.6. The van der Waals surface area contributed by atoms with Gasteiger partial charge in [0, 0.05) is 5.92 Å². The quantitative estimate of drug-likeness (QED) is 0.837. The van der Waals surface area contributed by atoms with Crippen molar-refractivity contribution in [3.05, 3.63) is 11.9 Å². The van der Waals surface area contributed by atoms with Crippen LogP contribution in [0.15, 0.2) is 6.20 Å². The number of alkyl halides is 2. The van der Waals surface area contributed by atoms with E-state index >= 15 is 0 Å². The van der Waals surface area contributed by atoms with E-state index in [0.29, 0.717) is 6.47 Å². The molecule has 1 atom stereocenters. The van der Waals surface area contributed by atoms with E-state index in [1.807, 2.05) is 0 Å². The molecule has 7 heteroatoms. The van der Waals surface area contributed by atoms with E-state index < -0.39 is 18.3 Å². The van der Waals surface area contributed by atoms with Gasteiger partial charge in [-0.05, 0) is 12.8 Å². The van der Waals surface area contributed by atoms with E-state index in [9.17, 15) is 13.6 Å². The molecular formula is C12H17F2N3O2. The first kappa shape index (κ1) is 13.8. The largest absolute Gasteiger partial charge is 0.442 e. The average molecular weight is 273 g/mol. The van der Waals surface area contributed by atoms with Crippen LogP contribution in [-0.2, 0) is 9.53 Å². The minimum absolute atomic E-state index is 0.0784. The maximum absolute atomic E-state index is 12.7. The molecule has 1 fully saturated rings. The predicted octanol–water partition coefficient (Wildman–Crippen LogP) is 2.65. The number of ether oxygens (including phenoxy) is 1. The highest BCUT2D eigenvalue weighted by atomic mass is 19.3. The summed E-state index contributed by atoms with van der Waals surface area (Å²) in [6.07, 6.45) is 2.95. The number of nitrogen functional groups attached to an aromatic ring is 1. The summed E-state index contributed by atoms with van der Waals surface area (Å²) in [6, 6.07) is 0. The molecule has 106 valence electrons. The lowest BCUT2D eigenvalue weighted by atomic mass is 9.88. The predicted molar refractivity (Wildman–Crippen MR) is 64.4 cm³/mol. The summed E-state index contributed by atoms with van der Waals surface area (Å²) in [6.45, 7) is 0.333. The van der Waals surface area contributed by atoms with E-state index in [2.05, 4.69) is 5.10 Å². The molecule has 0 aliphatic heterocycles. The SMILES string of the molecule is Nc1cn(C(OC=O)C2CCCCC2)nc1C(F)F. The number of halogens is 2. The van der Waals surface area contributed by atoms with Crippen LogP contribution in [0.2, 0.25) is 0 Å². The van der Waals surface area contributed by atoms with Gasteiger partial charge in [-0.1, -0.05) is 19.3 Å². The Morgan fingerprint density at radius 1 is 1.42 bits per heavy atom. The van der Waals surface area contributed by atoms with Crippen molar-refractivity contribution in [1.29, 1.82) is 0 Å². The first-order valence-electron chi connectivity index (χ1n) is 6.35. The third kappa shape index (κ3) is 3.02. The standard InChI is InChI=1S/C12H17F2N3O2/c13-11(14)10-9(15)6-17(16-10)12(19-7-18)8-4-2-1-3-5-8/h6-8,11-12H,1-5,15H2. The lowest BCUT2D eigenvalue weighted by molar-refractivity contribution is -0.144. The molecular weight excluding hydrogens is 256 g/mol. The van der Waals surface area contributed by atoms with Crippen molar-refractivity contribution in [1.82, 2.24) is 9.78 Å². The van der Waals surface area contributed by atoms with Gasteiger partial charge in [0.05, 0.1) is 11.9 Å². The molecule has 0 saturated heterocycles. The number of carbonyl (C=O) groups excluding carboxylic acids is 1. The van der Waals surface area contributed by atoms with Crippen LogP contribution in [-0.4, -0.2) is 16.3 Å². The van der Waals surface area contributed by atoms with Gasteiger partial charge >= 0.3 is 0 Å². The third-order valence-corrected chi connectivity index (χ3v) is 3.51. The molecule has 1 unspecified atom stereocenters. The number of hydrogen-bond acceptors (Lipinski definition) is 4. The summed E-state index contributed by atoms with van der Waals surface area (Å²) in [7, 11) is 0. The summed E-state index contributed by atoms with van der Waals surface area (Å²) in [5, 5.41) is 3.76. The zero-order valence-corrected chi connectivity index (χ0v) is 10.5. The Morgan fingerprint density at radius 3 is 2.63 bits per heavy atom. The van der Waals surface area contributed by atoms with Crippen LogP contribution < -0.4 is 5.73 Å². The number of carbonyl (C=O) groups is 1. The van der Waals surface area contributed by atoms with Gasteiger partial charge < -0.3 is 10.5 Å². The van der Waals surface area contributed by atoms with Gasteiger partial charge in [-0.15, -0.1) is 0 Å². The second kappa shape index (κ2) is 5.99. The van der Waals surface area contributed by atoms with Crippen LogP contribution >= 0.6 is 0 Å². The van der Waals surface area contributed by atoms with Crippen LogP contribution in [0, 0.1) is 5.92 Å². The zero-order valence-electron chi connectivity index (χ0n) is 10.5. The Morgan fingerprint density at radius 2 is 2.11 bits per heavy atom. The van der Waals surface area contributed by atoms with Crippen molar-refractivity contribution in [2.24, 2.45) is 5.92 Å². The molecule has 5 nitrogen and oxygen atoms in total. The fourth-order valence-corrected chi connectivity index (χ4v) is 2.59. The average Bonchev–Trinajstić information content (AvgIpc) is 2.79. The topological polar surface area (TPSA) is 70.1 Å². The normalized spacial score (nSPS) is 18.5. The maximum Gasteiger partial charge on any atom is 0.295 e. The molecule has 0 radical (unpaired) electrons. The maximum atomic E-state index is 12.7. The third-order valence-electron chi connectivity index (χ3n) is 3.51. The number of rotatable bonds is 5. The fraction of sp³-hybridized carbons (Fsp3) is 0.667. The molecule has 1 aromatic heterocycles. The molecule has 0 amide bonds. The Bertz CT molecular complexity index is 431. The van der Waals surface area contributed by atoms with E-state index in [4.69, 9.17) is 10.5 Å². The summed E-state index contributed by atoms with van der Waals surface area (Å²) in [5.74, 6) is 0.101. The van der Waals surface area contributed by atoms with E-state index in [1.54, 1.807) is 0 Å². The number of aromatic nitrogens is 2. The lowest BCUT2D eigenvalue weighted by Gasteiger charge is -2.28. The highest BCUT2D eigenvalue weighted by Gasteiger charge is 2.29. The minimum atomic E-state index is -2.73. The summed E-state index contributed by atoms with van der Waals surface area (Å²) >= 11 is 0. The van der Waals surface area contributed by atoms with Crippen molar-refractivity contribution in [2.45, 2.75) is 44.8 Å². The van der Waals surface area contributed by atoms with Crippen molar-refractivity contribution in [2.75, 3.05) is 5.73 Å². The van der Waals surface area contributed by atoms with Gasteiger partial charge in [0.15, 0.2) is 11.9 Å². The van der Waals surface area contributed by atoms with Gasteiger partial charge in [0.1, 0.15) is 0 Å². The lowest BCUT2D eigenvalue weighted by Crippen LogP contribution is -2.24. The molecule has 1 aromatic rings. The molecule has 1 aliphatic rings. The number of anilines is 1. The molecule has 1 heterocycles. The molecule has 0 spiro atoms. The number of hydrogen-bond donors (Lipinski definition) is 1. The van der Waals surface area contributed by atoms with Gasteiger partial charge in [-0.2, -0.15) is 5.10 Å². The van der Waals surface area contributed by atoms with Crippen molar-refractivity contribution in [3.63, 3.8) is 0 Å². The van der Waals surface area contributed by atoms with Crippen LogP contribution in [0.5, 0.6) is 0 Å². The second-order valence-electron chi connectivity index (χ2n) is 4.77. The molecule has 19 heavy (non-hydrogen) atoms. The summed E-state index contributed by atoms with van der Waals surface area (Å²) in [5.41, 5.74) is 4.96. The smallest absolute Gasteiger partial charge is 0.295 e. The van der Waals surface area contributed by atoms with Gasteiger partial charge in [-0.3, -0.25) is 4.79 Å². The van der Waals surface area contributed by atoms with Crippen LogP contribution in [0.25, 0.3) is 0 Å².